The molecule has 1 atom stereocenters. The Hall–Kier alpha value is -0.870. The standard InChI is InChI=1S/C13H18BrNO2/c1-4-17-13(16)10(3)15-8-11-5-6-12(14)9(2)7-11/h5-7,10,15H,4,8H2,1-3H3. The van der Waals surface area contributed by atoms with E-state index in [0.29, 0.717) is 13.2 Å². The smallest absolute Gasteiger partial charge is 0.322 e. The maximum atomic E-state index is 11.4. The third-order valence-electron chi connectivity index (χ3n) is 2.47. The molecule has 0 bridgehead atoms. The second-order valence-electron chi connectivity index (χ2n) is 3.94. The molecule has 1 unspecified atom stereocenters. The van der Waals surface area contributed by atoms with Gasteiger partial charge in [-0.05, 0) is 38.0 Å². The average molecular weight is 300 g/mol. The Labute approximate surface area is 111 Å². The topological polar surface area (TPSA) is 38.3 Å². The van der Waals surface area contributed by atoms with Crippen LogP contribution < -0.4 is 5.32 Å². The van der Waals surface area contributed by atoms with Gasteiger partial charge in [-0.15, -0.1) is 0 Å². The van der Waals surface area contributed by atoms with E-state index in [1.54, 1.807) is 0 Å². The van der Waals surface area contributed by atoms with E-state index in [2.05, 4.69) is 27.3 Å². The quantitative estimate of drug-likeness (QED) is 0.850. The number of aryl methyl sites for hydroxylation is 1. The van der Waals surface area contributed by atoms with Gasteiger partial charge in [-0.25, -0.2) is 0 Å². The lowest BCUT2D eigenvalue weighted by molar-refractivity contribution is -0.145. The first-order valence-electron chi connectivity index (χ1n) is 5.69. The van der Waals surface area contributed by atoms with Crippen LogP contribution in [0.3, 0.4) is 0 Å². The summed E-state index contributed by atoms with van der Waals surface area (Å²) in [6.07, 6.45) is 0. The zero-order valence-electron chi connectivity index (χ0n) is 10.4. The predicted molar refractivity (Wildman–Crippen MR) is 71.8 cm³/mol. The molecule has 1 rings (SSSR count). The Morgan fingerprint density at radius 2 is 2.24 bits per heavy atom. The lowest BCUT2D eigenvalue weighted by Crippen LogP contribution is -2.34. The highest BCUT2D eigenvalue weighted by Gasteiger charge is 2.12. The van der Waals surface area contributed by atoms with Gasteiger partial charge in [0.1, 0.15) is 6.04 Å². The average Bonchev–Trinajstić information content (AvgIpc) is 2.30. The van der Waals surface area contributed by atoms with Crippen LogP contribution in [-0.2, 0) is 16.1 Å². The lowest BCUT2D eigenvalue weighted by Gasteiger charge is -2.13. The van der Waals surface area contributed by atoms with Crippen molar-refractivity contribution in [3.63, 3.8) is 0 Å². The van der Waals surface area contributed by atoms with Crippen LogP contribution >= 0.6 is 15.9 Å². The van der Waals surface area contributed by atoms with Gasteiger partial charge in [0, 0.05) is 11.0 Å². The van der Waals surface area contributed by atoms with Crippen molar-refractivity contribution in [2.24, 2.45) is 0 Å². The van der Waals surface area contributed by atoms with E-state index in [0.717, 1.165) is 10.0 Å². The minimum Gasteiger partial charge on any atom is -0.465 e. The Bertz CT molecular complexity index is 393. The second-order valence-corrected chi connectivity index (χ2v) is 4.79. The van der Waals surface area contributed by atoms with Gasteiger partial charge in [-0.2, -0.15) is 0 Å². The molecule has 1 aromatic carbocycles. The number of esters is 1. The van der Waals surface area contributed by atoms with Crippen molar-refractivity contribution in [1.29, 1.82) is 0 Å². The van der Waals surface area contributed by atoms with Crippen LogP contribution in [0.25, 0.3) is 0 Å². The van der Waals surface area contributed by atoms with Crippen LogP contribution in [0.1, 0.15) is 25.0 Å². The normalized spacial score (nSPS) is 12.2. The Kier molecular flexibility index (Phi) is 5.65. The third kappa shape index (κ3) is 4.48. The Morgan fingerprint density at radius 3 is 2.82 bits per heavy atom. The van der Waals surface area contributed by atoms with E-state index in [1.807, 2.05) is 32.9 Å². The fourth-order valence-corrected chi connectivity index (χ4v) is 1.68. The molecule has 17 heavy (non-hydrogen) atoms. The van der Waals surface area contributed by atoms with Crippen molar-refractivity contribution in [2.75, 3.05) is 6.61 Å². The lowest BCUT2D eigenvalue weighted by atomic mass is 10.1. The molecule has 1 aromatic rings. The summed E-state index contributed by atoms with van der Waals surface area (Å²) in [7, 11) is 0. The fraction of sp³-hybridized carbons (Fsp3) is 0.462. The van der Waals surface area contributed by atoms with Crippen molar-refractivity contribution in [1.82, 2.24) is 5.32 Å². The van der Waals surface area contributed by atoms with Gasteiger partial charge >= 0.3 is 5.97 Å². The van der Waals surface area contributed by atoms with Gasteiger partial charge < -0.3 is 10.1 Å². The van der Waals surface area contributed by atoms with Crippen molar-refractivity contribution < 1.29 is 9.53 Å². The van der Waals surface area contributed by atoms with Crippen molar-refractivity contribution in [3.05, 3.63) is 33.8 Å². The highest BCUT2D eigenvalue weighted by molar-refractivity contribution is 9.10. The number of rotatable bonds is 5. The highest BCUT2D eigenvalue weighted by Crippen LogP contribution is 2.16. The van der Waals surface area contributed by atoms with Crippen LogP contribution in [-0.4, -0.2) is 18.6 Å². The highest BCUT2D eigenvalue weighted by atomic mass is 79.9. The number of nitrogens with one attached hydrogen (secondary N) is 1. The van der Waals surface area contributed by atoms with Crippen LogP contribution in [0, 0.1) is 6.92 Å². The third-order valence-corrected chi connectivity index (χ3v) is 3.36. The van der Waals surface area contributed by atoms with E-state index in [4.69, 9.17) is 4.74 Å². The largest absolute Gasteiger partial charge is 0.465 e. The zero-order valence-corrected chi connectivity index (χ0v) is 12.0. The second kappa shape index (κ2) is 6.77. The molecule has 0 saturated heterocycles. The van der Waals surface area contributed by atoms with Gasteiger partial charge in [0.25, 0.3) is 0 Å². The van der Waals surface area contributed by atoms with E-state index < -0.39 is 0 Å². The van der Waals surface area contributed by atoms with Crippen molar-refractivity contribution >= 4 is 21.9 Å². The molecule has 3 nitrogen and oxygen atoms in total. The summed E-state index contributed by atoms with van der Waals surface area (Å²) in [5.41, 5.74) is 2.34. The maximum Gasteiger partial charge on any atom is 0.322 e. The van der Waals surface area contributed by atoms with E-state index >= 15 is 0 Å². The number of halogens is 1. The first-order valence-corrected chi connectivity index (χ1v) is 6.49. The number of ether oxygens (including phenoxy) is 1. The molecular weight excluding hydrogens is 282 g/mol. The summed E-state index contributed by atoms with van der Waals surface area (Å²) < 4.78 is 6.02. The first kappa shape index (κ1) is 14.2. The Morgan fingerprint density at radius 1 is 1.53 bits per heavy atom. The minimum absolute atomic E-state index is 0.207. The number of hydrogen-bond donors (Lipinski definition) is 1. The monoisotopic (exact) mass is 299 g/mol. The fourth-order valence-electron chi connectivity index (χ4n) is 1.44. The minimum atomic E-state index is -0.279. The molecule has 94 valence electrons. The van der Waals surface area contributed by atoms with Crippen molar-refractivity contribution in [2.45, 2.75) is 33.4 Å². The molecule has 1 N–H and O–H groups in total. The van der Waals surface area contributed by atoms with Gasteiger partial charge in [-0.1, -0.05) is 28.1 Å². The molecule has 0 aromatic heterocycles. The van der Waals surface area contributed by atoms with Gasteiger partial charge in [0.15, 0.2) is 0 Å². The van der Waals surface area contributed by atoms with Gasteiger partial charge in [0.2, 0.25) is 0 Å². The van der Waals surface area contributed by atoms with Crippen LogP contribution in [0.2, 0.25) is 0 Å². The first-order chi connectivity index (χ1) is 8.04. The molecule has 0 fully saturated rings. The van der Waals surface area contributed by atoms with E-state index in [1.165, 1.54) is 5.56 Å². The van der Waals surface area contributed by atoms with Gasteiger partial charge in [-0.3, -0.25) is 4.79 Å². The molecule has 0 heterocycles. The summed E-state index contributed by atoms with van der Waals surface area (Å²) in [5, 5.41) is 3.14. The summed E-state index contributed by atoms with van der Waals surface area (Å²) in [5.74, 6) is -0.207. The molecule has 4 heteroatoms. The molecule has 0 radical (unpaired) electrons. The zero-order chi connectivity index (χ0) is 12.8. The number of carbonyl (C=O) groups excluding carboxylic acids is 1. The van der Waals surface area contributed by atoms with Crippen LogP contribution in [0.15, 0.2) is 22.7 Å². The summed E-state index contributed by atoms with van der Waals surface area (Å²) in [4.78, 5) is 11.4. The van der Waals surface area contributed by atoms with E-state index in [-0.39, 0.29) is 12.0 Å². The maximum absolute atomic E-state index is 11.4. The summed E-state index contributed by atoms with van der Waals surface area (Å²) in [6, 6.07) is 5.86. The molecule has 0 amide bonds. The molecule has 0 aliphatic carbocycles. The number of benzene rings is 1. The van der Waals surface area contributed by atoms with Crippen LogP contribution in [0.4, 0.5) is 0 Å². The summed E-state index contributed by atoms with van der Waals surface area (Å²) in [6.45, 7) is 6.74. The van der Waals surface area contributed by atoms with Gasteiger partial charge in [0.05, 0.1) is 6.61 Å². The molecule has 0 aliphatic rings. The molecule has 0 saturated carbocycles. The molecule has 0 spiro atoms. The van der Waals surface area contributed by atoms with Crippen LogP contribution in [0.5, 0.6) is 0 Å². The SMILES string of the molecule is CCOC(=O)C(C)NCc1ccc(Br)c(C)c1. The predicted octanol–water partition coefficient (Wildman–Crippen LogP) is 2.80. The molecular formula is C13H18BrNO2. The Balaban J connectivity index is 2.50. The van der Waals surface area contributed by atoms with Crippen molar-refractivity contribution in [3.8, 4) is 0 Å². The molecule has 0 aliphatic heterocycles. The number of carbonyl (C=O) groups is 1. The van der Waals surface area contributed by atoms with E-state index in [9.17, 15) is 4.79 Å². The summed E-state index contributed by atoms with van der Waals surface area (Å²) >= 11 is 3.46. The number of hydrogen-bond acceptors (Lipinski definition) is 3.